The predicted octanol–water partition coefficient (Wildman–Crippen LogP) is 2.37. The summed E-state index contributed by atoms with van der Waals surface area (Å²) in [5, 5.41) is 8.55. The van der Waals surface area contributed by atoms with Crippen molar-refractivity contribution in [2.75, 3.05) is 0 Å². The van der Waals surface area contributed by atoms with E-state index in [4.69, 9.17) is 5.11 Å². The molecule has 0 atom stereocenters. The number of carboxylic acids is 1. The van der Waals surface area contributed by atoms with Crippen LogP contribution in [0.2, 0.25) is 0 Å². The van der Waals surface area contributed by atoms with Crippen LogP contribution in [-0.4, -0.2) is 11.1 Å². The second kappa shape index (κ2) is 5.71. The van der Waals surface area contributed by atoms with Crippen LogP contribution >= 0.6 is 0 Å². The monoisotopic (exact) mass is 154 g/mol. The Labute approximate surface area is 67.2 Å². The van der Waals surface area contributed by atoms with Crippen molar-refractivity contribution < 1.29 is 9.90 Å². The zero-order chi connectivity index (χ0) is 8.69. The third-order valence-corrected chi connectivity index (χ3v) is 1.31. The van der Waals surface area contributed by atoms with E-state index in [2.05, 4.69) is 6.92 Å². The SMILES string of the molecule is CC=C(C=CCCC)C(=O)O. The van der Waals surface area contributed by atoms with Crippen LogP contribution in [0, 0.1) is 0 Å². The van der Waals surface area contributed by atoms with Crippen LogP contribution in [0.3, 0.4) is 0 Å². The van der Waals surface area contributed by atoms with Gasteiger partial charge in [-0.2, -0.15) is 0 Å². The highest BCUT2D eigenvalue weighted by molar-refractivity contribution is 5.89. The molecule has 0 fully saturated rings. The Bertz CT molecular complexity index is 178. The first kappa shape index (κ1) is 9.95. The van der Waals surface area contributed by atoms with Crippen molar-refractivity contribution in [3.05, 3.63) is 23.8 Å². The van der Waals surface area contributed by atoms with Gasteiger partial charge in [-0.3, -0.25) is 0 Å². The number of carbonyl (C=O) groups is 1. The Morgan fingerprint density at radius 1 is 1.55 bits per heavy atom. The lowest BCUT2D eigenvalue weighted by molar-refractivity contribution is -0.132. The summed E-state index contributed by atoms with van der Waals surface area (Å²) in [6.45, 7) is 3.78. The van der Waals surface area contributed by atoms with Gasteiger partial charge in [-0.05, 0) is 13.3 Å². The molecule has 0 aromatic rings. The van der Waals surface area contributed by atoms with Crippen molar-refractivity contribution in [3.8, 4) is 0 Å². The molecule has 0 heterocycles. The van der Waals surface area contributed by atoms with Crippen molar-refractivity contribution in [3.63, 3.8) is 0 Å². The molecule has 0 rings (SSSR count). The fraction of sp³-hybridized carbons (Fsp3) is 0.444. The third kappa shape index (κ3) is 4.37. The van der Waals surface area contributed by atoms with Gasteiger partial charge in [0.2, 0.25) is 0 Å². The van der Waals surface area contributed by atoms with E-state index in [0.717, 1.165) is 12.8 Å². The maximum Gasteiger partial charge on any atom is 0.335 e. The second-order valence-electron chi connectivity index (χ2n) is 2.24. The van der Waals surface area contributed by atoms with Crippen LogP contribution in [0.5, 0.6) is 0 Å². The smallest absolute Gasteiger partial charge is 0.335 e. The third-order valence-electron chi connectivity index (χ3n) is 1.31. The summed E-state index contributed by atoms with van der Waals surface area (Å²) in [7, 11) is 0. The first-order valence-electron chi connectivity index (χ1n) is 3.78. The lowest BCUT2D eigenvalue weighted by atomic mass is 10.2. The molecular formula is C9H14O2. The predicted molar refractivity (Wildman–Crippen MR) is 45.4 cm³/mol. The fourth-order valence-electron chi connectivity index (χ4n) is 0.668. The molecule has 0 aliphatic carbocycles. The van der Waals surface area contributed by atoms with Crippen LogP contribution in [-0.2, 0) is 4.79 Å². The number of hydrogen-bond acceptors (Lipinski definition) is 1. The molecule has 2 heteroatoms. The number of rotatable bonds is 4. The maximum absolute atomic E-state index is 10.4. The van der Waals surface area contributed by atoms with Crippen LogP contribution in [0.4, 0.5) is 0 Å². The summed E-state index contributed by atoms with van der Waals surface area (Å²) in [5.41, 5.74) is 0.360. The first-order chi connectivity index (χ1) is 5.22. The zero-order valence-corrected chi connectivity index (χ0v) is 7.00. The number of unbranched alkanes of at least 4 members (excludes halogenated alkanes) is 1. The topological polar surface area (TPSA) is 37.3 Å². The van der Waals surface area contributed by atoms with Crippen LogP contribution in [0.15, 0.2) is 23.8 Å². The molecule has 0 amide bonds. The number of carboxylic acid groups (broad SMARTS) is 1. The van der Waals surface area contributed by atoms with Gasteiger partial charge in [-0.1, -0.05) is 31.6 Å². The minimum absolute atomic E-state index is 0.360. The van der Waals surface area contributed by atoms with Crippen molar-refractivity contribution in [2.45, 2.75) is 26.7 Å². The Balaban J connectivity index is 4.00. The average Bonchev–Trinajstić information content (AvgIpc) is 1.97. The molecular weight excluding hydrogens is 140 g/mol. The molecule has 62 valence electrons. The Hall–Kier alpha value is -1.05. The highest BCUT2D eigenvalue weighted by atomic mass is 16.4. The second-order valence-corrected chi connectivity index (χ2v) is 2.24. The average molecular weight is 154 g/mol. The summed E-state index contributed by atoms with van der Waals surface area (Å²) in [5.74, 6) is -0.861. The minimum Gasteiger partial charge on any atom is -0.478 e. The number of hydrogen-bond donors (Lipinski definition) is 1. The van der Waals surface area contributed by atoms with Gasteiger partial charge < -0.3 is 5.11 Å². The molecule has 0 saturated carbocycles. The molecule has 1 N–H and O–H groups in total. The van der Waals surface area contributed by atoms with Crippen LogP contribution in [0.1, 0.15) is 26.7 Å². The van der Waals surface area contributed by atoms with Crippen molar-refractivity contribution in [1.29, 1.82) is 0 Å². The van der Waals surface area contributed by atoms with Gasteiger partial charge in [0.25, 0.3) is 0 Å². The van der Waals surface area contributed by atoms with E-state index >= 15 is 0 Å². The standard InChI is InChI=1S/C9H14O2/c1-3-5-6-7-8(4-2)9(10)11/h4,6-7H,3,5H2,1-2H3,(H,10,11). The van der Waals surface area contributed by atoms with E-state index in [1.54, 1.807) is 19.1 Å². The van der Waals surface area contributed by atoms with Gasteiger partial charge in [-0.15, -0.1) is 0 Å². The lowest BCUT2D eigenvalue weighted by Gasteiger charge is -1.90. The van der Waals surface area contributed by atoms with Gasteiger partial charge in [0, 0.05) is 0 Å². The fourth-order valence-corrected chi connectivity index (χ4v) is 0.668. The van der Waals surface area contributed by atoms with E-state index in [-0.39, 0.29) is 0 Å². The molecule has 0 aliphatic heterocycles. The van der Waals surface area contributed by atoms with E-state index < -0.39 is 5.97 Å². The Morgan fingerprint density at radius 2 is 2.18 bits per heavy atom. The molecule has 0 aromatic heterocycles. The first-order valence-corrected chi connectivity index (χ1v) is 3.78. The zero-order valence-electron chi connectivity index (χ0n) is 7.00. The highest BCUT2D eigenvalue weighted by Gasteiger charge is 1.98. The molecule has 0 bridgehead atoms. The molecule has 0 radical (unpaired) electrons. The number of aliphatic carboxylic acids is 1. The van der Waals surface area contributed by atoms with Crippen molar-refractivity contribution >= 4 is 5.97 Å². The van der Waals surface area contributed by atoms with E-state index in [0.29, 0.717) is 5.57 Å². The van der Waals surface area contributed by atoms with E-state index in [1.807, 2.05) is 6.08 Å². The van der Waals surface area contributed by atoms with E-state index in [1.165, 1.54) is 0 Å². The highest BCUT2D eigenvalue weighted by Crippen LogP contribution is 1.98. The van der Waals surface area contributed by atoms with Gasteiger partial charge in [0.1, 0.15) is 0 Å². The van der Waals surface area contributed by atoms with Crippen LogP contribution < -0.4 is 0 Å². The maximum atomic E-state index is 10.4. The molecule has 0 aliphatic rings. The lowest BCUT2D eigenvalue weighted by Crippen LogP contribution is -1.96. The molecule has 2 nitrogen and oxygen atoms in total. The van der Waals surface area contributed by atoms with Gasteiger partial charge in [0.15, 0.2) is 0 Å². The number of allylic oxidation sites excluding steroid dienone is 2. The largest absolute Gasteiger partial charge is 0.478 e. The van der Waals surface area contributed by atoms with Crippen molar-refractivity contribution in [2.24, 2.45) is 0 Å². The quantitative estimate of drug-likeness (QED) is 0.498. The van der Waals surface area contributed by atoms with E-state index in [9.17, 15) is 4.79 Å². The minimum atomic E-state index is -0.861. The normalized spacial score (nSPS) is 12.4. The summed E-state index contributed by atoms with van der Waals surface area (Å²) >= 11 is 0. The Kier molecular flexibility index (Phi) is 5.17. The molecule has 0 aromatic carbocycles. The molecule has 0 unspecified atom stereocenters. The van der Waals surface area contributed by atoms with Crippen molar-refractivity contribution in [1.82, 2.24) is 0 Å². The van der Waals surface area contributed by atoms with Gasteiger partial charge in [0.05, 0.1) is 5.57 Å². The summed E-state index contributed by atoms with van der Waals surface area (Å²) in [4.78, 5) is 10.4. The Morgan fingerprint density at radius 3 is 2.55 bits per heavy atom. The summed E-state index contributed by atoms with van der Waals surface area (Å²) in [6.07, 6.45) is 7.10. The van der Waals surface area contributed by atoms with Crippen LogP contribution in [0.25, 0.3) is 0 Å². The summed E-state index contributed by atoms with van der Waals surface area (Å²) < 4.78 is 0. The molecule has 11 heavy (non-hydrogen) atoms. The van der Waals surface area contributed by atoms with Gasteiger partial charge >= 0.3 is 5.97 Å². The molecule has 0 saturated heterocycles. The summed E-state index contributed by atoms with van der Waals surface area (Å²) in [6, 6.07) is 0. The molecule has 0 spiro atoms. The van der Waals surface area contributed by atoms with Gasteiger partial charge in [-0.25, -0.2) is 4.79 Å².